The number of benzene rings is 8. The fraction of sp³-hybridized carbons (Fsp3) is 0. The van der Waals surface area contributed by atoms with E-state index in [2.05, 4.69) is 120 Å². The first-order valence-electron chi connectivity index (χ1n) is 18.1. The maximum atomic E-state index is 10.0. The third-order valence-electron chi connectivity index (χ3n) is 10.9. The van der Waals surface area contributed by atoms with Gasteiger partial charge in [-0.3, -0.25) is 0 Å². The number of nitrogens with zero attached hydrogens (tertiary/aromatic N) is 3. The number of hydrogen-bond acceptors (Lipinski definition) is 4. The molecule has 0 atom stereocenters. The van der Waals surface area contributed by atoms with Crippen LogP contribution in [0.15, 0.2) is 173 Å². The molecule has 8 aromatic carbocycles. The van der Waals surface area contributed by atoms with Crippen molar-refractivity contribution < 1.29 is 8.83 Å². The zero-order valence-electron chi connectivity index (χ0n) is 29.2. The lowest BCUT2D eigenvalue weighted by Crippen LogP contribution is -1.96. The van der Waals surface area contributed by atoms with Gasteiger partial charge >= 0.3 is 0 Å². The fourth-order valence-corrected chi connectivity index (χ4v) is 8.40. The second kappa shape index (κ2) is 11.8. The minimum Gasteiger partial charge on any atom is -0.456 e. The average molecular weight is 702 g/mol. The maximum absolute atomic E-state index is 10.0. The van der Waals surface area contributed by atoms with Gasteiger partial charge in [0.05, 0.1) is 39.7 Å². The molecule has 0 spiro atoms. The number of fused-ring (bicyclic) bond motifs is 10. The van der Waals surface area contributed by atoms with Crippen LogP contribution in [0.5, 0.6) is 0 Å². The highest BCUT2D eigenvalue weighted by molar-refractivity contribution is 6.24. The number of aromatic nitrogens is 1. The molecule has 0 radical (unpaired) electrons. The molecule has 0 unspecified atom stereocenters. The Labute approximate surface area is 314 Å². The van der Waals surface area contributed by atoms with Crippen molar-refractivity contribution in [2.24, 2.45) is 0 Å². The highest BCUT2D eigenvalue weighted by atomic mass is 16.3. The molecule has 0 aliphatic rings. The van der Waals surface area contributed by atoms with E-state index in [0.29, 0.717) is 16.7 Å². The first-order chi connectivity index (χ1) is 27.2. The Morgan fingerprint density at radius 1 is 0.400 bits per heavy atom. The van der Waals surface area contributed by atoms with Crippen LogP contribution < -0.4 is 0 Å². The van der Waals surface area contributed by atoms with Gasteiger partial charge in [-0.05, 0) is 107 Å². The second-order valence-corrected chi connectivity index (χ2v) is 13.9. The normalized spacial score (nSPS) is 11.6. The third kappa shape index (κ3) is 4.64. The quantitative estimate of drug-likeness (QED) is 0.183. The van der Waals surface area contributed by atoms with Crippen molar-refractivity contribution in [2.75, 3.05) is 0 Å². The summed E-state index contributed by atoms with van der Waals surface area (Å²) in [4.78, 5) is 0. The van der Waals surface area contributed by atoms with E-state index in [-0.39, 0.29) is 0 Å². The van der Waals surface area contributed by atoms with Gasteiger partial charge in [0.1, 0.15) is 22.3 Å². The van der Waals surface area contributed by atoms with Crippen molar-refractivity contribution in [1.82, 2.24) is 4.57 Å². The molecule has 0 aliphatic carbocycles. The number of rotatable bonds is 4. The molecule has 0 amide bonds. The van der Waals surface area contributed by atoms with Crippen molar-refractivity contribution in [1.29, 1.82) is 10.5 Å². The number of hydrogen-bond donors (Lipinski definition) is 0. The molecule has 0 fully saturated rings. The molecule has 3 heterocycles. The summed E-state index contributed by atoms with van der Waals surface area (Å²) >= 11 is 0. The van der Waals surface area contributed by atoms with Crippen LogP contribution in [0, 0.1) is 22.7 Å². The van der Waals surface area contributed by atoms with Crippen LogP contribution >= 0.6 is 0 Å². The van der Waals surface area contributed by atoms with E-state index in [1.54, 1.807) is 18.2 Å². The molecule has 0 saturated heterocycles. The van der Waals surface area contributed by atoms with Crippen molar-refractivity contribution in [3.05, 3.63) is 175 Å². The van der Waals surface area contributed by atoms with Gasteiger partial charge in [-0.1, -0.05) is 84.9 Å². The van der Waals surface area contributed by atoms with Gasteiger partial charge in [0, 0.05) is 38.2 Å². The van der Waals surface area contributed by atoms with Crippen LogP contribution in [0.1, 0.15) is 11.1 Å². The molecule has 11 rings (SSSR count). The van der Waals surface area contributed by atoms with Gasteiger partial charge in [0.25, 0.3) is 0 Å². The fourth-order valence-electron chi connectivity index (χ4n) is 8.40. The molecule has 254 valence electrons. The Bertz CT molecular complexity index is 3440. The molecular weight excluding hydrogens is 675 g/mol. The molecule has 55 heavy (non-hydrogen) atoms. The smallest absolute Gasteiger partial charge is 0.145 e. The Balaban J connectivity index is 1.20. The summed E-state index contributed by atoms with van der Waals surface area (Å²) in [5.41, 5.74) is 13.0. The highest BCUT2D eigenvalue weighted by Gasteiger charge is 2.20. The topological polar surface area (TPSA) is 78.8 Å². The van der Waals surface area contributed by atoms with Crippen molar-refractivity contribution in [2.45, 2.75) is 0 Å². The summed E-state index contributed by atoms with van der Waals surface area (Å²) < 4.78 is 15.1. The standard InChI is InChI=1S/C50H27N3O2/c51-28-33-11-8-12-34(29-52)48(33)32-10-7-9-30(23-32)35-24-36(31-19-22-47-42(27-31)39-14-3-5-17-45(39)54-47)26-37(25-35)53-43-16-4-1-15-41(43)49-44(53)21-20-40-38-13-2-6-18-46(38)55-50(40)49/h1-27H. The SMILES string of the molecule is N#Cc1cccc(C#N)c1-c1cccc(-c2cc(-c3ccc4oc5ccccc5c4c3)cc(-n3c4ccccc4c4c5oc6ccccc6c5ccc43)c2)c1. The lowest BCUT2D eigenvalue weighted by molar-refractivity contribution is 0.669. The van der Waals surface area contributed by atoms with E-state index in [0.717, 1.165) is 99.2 Å². The first-order valence-corrected chi connectivity index (χ1v) is 18.1. The van der Waals surface area contributed by atoms with Gasteiger partial charge < -0.3 is 13.4 Å². The van der Waals surface area contributed by atoms with Gasteiger partial charge in [-0.25, -0.2) is 0 Å². The summed E-state index contributed by atoms with van der Waals surface area (Å²) in [7, 11) is 0. The number of para-hydroxylation sites is 3. The van der Waals surface area contributed by atoms with Crippen LogP contribution in [0.2, 0.25) is 0 Å². The molecule has 11 aromatic rings. The van der Waals surface area contributed by atoms with Crippen LogP contribution in [0.3, 0.4) is 0 Å². The summed E-state index contributed by atoms with van der Waals surface area (Å²) in [6.07, 6.45) is 0. The summed E-state index contributed by atoms with van der Waals surface area (Å²) in [5.74, 6) is 0. The zero-order chi connectivity index (χ0) is 36.6. The Morgan fingerprint density at radius 2 is 1.00 bits per heavy atom. The maximum Gasteiger partial charge on any atom is 0.145 e. The van der Waals surface area contributed by atoms with E-state index in [1.807, 2.05) is 42.5 Å². The van der Waals surface area contributed by atoms with Crippen LogP contribution in [-0.2, 0) is 0 Å². The van der Waals surface area contributed by atoms with E-state index >= 15 is 0 Å². The Hall–Kier alpha value is -7.86. The predicted molar refractivity (Wildman–Crippen MR) is 221 cm³/mol. The van der Waals surface area contributed by atoms with Gasteiger partial charge in [0.2, 0.25) is 0 Å². The average Bonchev–Trinajstić information content (AvgIpc) is 3.92. The third-order valence-corrected chi connectivity index (χ3v) is 10.9. The molecule has 0 aliphatic heterocycles. The van der Waals surface area contributed by atoms with Crippen LogP contribution in [0.25, 0.3) is 105 Å². The van der Waals surface area contributed by atoms with Gasteiger partial charge in [0.15, 0.2) is 0 Å². The van der Waals surface area contributed by atoms with E-state index in [1.165, 1.54) is 0 Å². The largest absolute Gasteiger partial charge is 0.456 e. The molecule has 0 N–H and O–H groups in total. The van der Waals surface area contributed by atoms with Gasteiger partial charge in [-0.2, -0.15) is 10.5 Å². The molecule has 5 heteroatoms. The molecule has 0 saturated carbocycles. The van der Waals surface area contributed by atoms with Crippen molar-refractivity contribution in [3.8, 4) is 51.2 Å². The second-order valence-electron chi connectivity index (χ2n) is 13.9. The monoisotopic (exact) mass is 701 g/mol. The van der Waals surface area contributed by atoms with Crippen molar-refractivity contribution in [3.63, 3.8) is 0 Å². The van der Waals surface area contributed by atoms with E-state index in [4.69, 9.17) is 8.83 Å². The number of furan rings is 2. The number of nitriles is 2. The van der Waals surface area contributed by atoms with E-state index < -0.39 is 0 Å². The lowest BCUT2D eigenvalue weighted by Gasteiger charge is -2.15. The Kier molecular flexibility index (Phi) is 6.61. The minimum absolute atomic E-state index is 0.466. The zero-order valence-corrected chi connectivity index (χ0v) is 29.2. The van der Waals surface area contributed by atoms with E-state index in [9.17, 15) is 10.5 Å². The molecule has 5 nitrogen and oxygen atoms in total. The van der Waals surface area contributed by atoms with Crippen molar-refractivity contribution >= 4 is 65.7 Å². The van der Waals surface area contributed by atoms with Gasteiger partial charge in [-0.15, -0.1) is 0 Å². The molecular formula is C50H27N3O2. The summed E-state index contributed by atoms with van der Waals surface area (Å²) in [5, 5.41) is 26.5. The lowest BCUT2D eigenvalue weighted by atomic mass is 9.91. The first kappa shape index (κ1) is 30.7. The minimum atomic E-state index is 0.466. The summed E-state index contributed by atoms with van der Waals surface area (Å²) in [6.45, 7) is 0. The highest BCUT2D eigenvalue weighted by Crippen LogP contribution is 2.42. The molecule has 0 bridgehead atoms. The predicted octanol–water partition coefficient (Wildman–Crippen LogP) is 13.3. The van der Waals surface area contributed by atoms with Crippen LogP contribution in [-0.4, -0.2) is 4.57 Å². The summed E-state index contributed by atoms with van der Waals surface area (Å²) in [6, 6.07) is 60.3. The van der Waals surface area contributed by atoms with Crippen LogP contribution in [0.4, 0.5) is 0 Å². The molecule has 3 aromatic heterocycles. The Morgan fingerprint density at radius 3 is 1.76 bits per heavy atom.